The van der Waals surface area contributed by atoms with Gasteiger partial charge in [0, 0.05) is 24.6 Å². The highest BCUT2D eigenvalue weighted by Crippen LogP contribution is 2.41. The van der Waals surface area contributed by atoms with E-state index in [0.29, 0.717) is 0 Å². The third kappa shape index (κ3) is 2.41. The summed E-state index contributed by atoms with van der Waals surface area (Å²) in [7, 11) is 1.75. The summed E-state index contributed by atoms with van der Waals surface area (Å²) in [5.41, 5.74) is 0.661. The number of aromatic nitrogens is 1. The second-order valence-electron chi connectivity index (χ2n) is 6.71. The van der Waals surface area contributed by atoms with Crippen molar-refractivity contribution < 1.29 is 9.90 Å². The molecule has 26 heavy (non-hydrogen) atoms. The van der Waals surface area contributed by atoms with E-state index in [1.165, 1.54) is 6.07 Å². The second-order valence-corrected chi connectivity index (χ2v) is 7.79. The topological polar surface area (TPSA) is 65.8 Å². The van der Waals surface area contributed by atoms with Crippen molar-refractivity contribution in [2.75, 3.05) is 18.3 Å². The molecule has 0 bridgehead atoms. The fraction of sp³-hybridized carbons (Fsp3) is 0.368. The molecule has 0 saturated carbocycles. The molecule has 1 aromatic heterocycles. The molecule has 1 saturated heterocycles. The molecule has 1 amide bonds. The number of piperidine rings is 1. The Morgan fingerprint density at radius 1 is 1.12 bits per heavy atom. The van der Waals surface area contributed by atoms with Crippen molar-refractivity contribution in [3.63, 3.8) is 0 Å². The van der Waals surface area contributed by atoms with Gasteiger partial charge in [-0.3, -0.25) is 19.3 Å². The van der Waals surface area contributed by atoms with E-state index in [0.717, 1.165) is 18.4 Å². The highest BCUT2D eigenvalue weighted by atomic mass is 32.2. The third-order valence-corrected chi connectivity index (χ3v) is 6.44. The van der Waals surface area contributed by atoms with E-state index in [-0.39, 0.29) is 29.1 Å². The molecule has 3 atom stereocenters. The number of carbonyl (C=O) groups is 1. The number of hydrogen-bond donors (Lipinski definition) is 1. The zero-order valence-electron chi connectivity index (χ0n) is 14.7. The van der Waals surface area contributed by atoms with Gasteiger partial charge < -0.3 is 10.0 Å². The number of fused-ring (bicyclic) bond motifs is 3. The number of thioether (sulfide) groups is 1. The lowest BCUT2D eigenvalue weighted by molar-refractivity contribution is 0.0565. The van der Waals surface area contributed by atoms with Gasteiger partial charge in [0.25, 0.3) is 5.91 Å². The molecule has 0 aliphatic carbocycles. The van der Waals surface area contributed by atoms with Crippen molar-refractivity contribution in [1.82, 2.24) is 9.58 Å². The van der Waals surface area contributed by atoms with Crippen LogP contribution >= 0.6 is 11.8 Å². The molecule has 2 aliphatic heterocycles. The number of benzene rings is 1. The van der Waals surface area contributed by atoms with Gasteiger partial charge in [-0.1, -0.05) is 30.3 Å². The van der Waals surface area contributed by atoms with E-state index in [9.17, 15) is 14.7 Å². The van der Waals surface area contributed by atoms with Crippen molar-refractivity contribution in [1.29, 1.82) is 0 Å². The molecule has 1 N–H and O–H groups in total. The number of pyridine rings is 1. The van der Waals surface area contributed by atoms with Crippen LogP contribution in [0.3, 0.4) is 0 Å². The van der Waals surface area contributed by atoms with Crippen LogP contribution in [0.15, 0.2) is 47.4 Å². The minimum atomic E-state index is -0.536. The monoisotopic (exact) mass is 371 g/mol. The quantitative estimate of drug-likeness (QED) is 0.876. The van der Waals surface area contributed by atoms with Crippen molar-refractivity contribution >= 4 is 17.7 Å². The molecule has 1 fully saturated rings. The molecule has 136 valence electrons. The Morgan fingerprint density at radius 3 is 2.54 bits per heavy atom. The summed E-state index contributed by atoms with van der Waals surface area (Å²) in [6, 6.07) is 11.5. The van der Waals surface area contributed by atoms with Gasteiger partial charge >= 0.3 is 0 Å². The second kappa shape index (κ2) is 6.39. The van der Waals surface area contributed by atoms with Crippen molar-refractivity contribution in [2.24, 2.45) is 0 Å². The summed E-state index contributed by atoms with van der Waals surface area (Å²) in [5, 5.41) is 12.7. The average Bonchev–Trinajstić information content (AvgIpc) is 2.67. The Bertz CT molecular complexity index is 899. The molecule has 4 rings (SSSR count). The van der Waals surface area contributed by atoms with Crippen LogP contribution in [0.4, 0.5) is 0 Å². The average molecular weight is 371 g/mol. The first-order valence-corrected chi connectivity index (χ1v) is 9.91. The summed E-state index contributed by atoms with van der Waals surface area (Å²) >= 11 is 1.74. The number of carbonyl (C=O) groups excluding carboxylic acids is 1. The Morgan fingerprint density at radius 2 is 1.85 bits per heavy atom. The lowest BCUT2D eigenvalue weighted by Crippen LogP contribution is -2.66. The molecule has 2 aromatic rings. The van der Waals surface area contributed by atoms with Gasteiger partial charge in [0.05, 0.1) is 6.04 Å². The fourth-order valence-electron chi connectivity index (χ4n) is 4.09. The highest BCUT2D eigenvalue weighted by molar-refractivity contribution is 7.99. The Labute approximate surface area is 156 Å². The minimum Gasteiger partial charge on any atom is -0.502 e. The van der Waals surface area contributed by atoms with Crippen LogP contribution in [0.25, 0.3) is 0 Å². The molecule has 2 aliphatic rings. The fourth-order valence-corrected chi connectivity index (χ4v) is 5.02. The molecular weight excluding hydrogens is 350 g/mol. The molecule has 3 heterocycles. The standard InChI is InChI=1S/C19H21N3O3S/c1-20-18-15(26-2)9-8-13(12-6-4-3-5-7-12)22(18)21-11-10-14(23)17(24)16(21)19(20)25/h3-7,10-11,13,15,18,24H,8-9H2,1-2H3/t13-,15-,18-/m0/s1. The number of aromatic hydroxyl groups is 1. The highest BCUT2D eigenvalue weighted by Gasteiger charge is 2.47. The van der Waals surface area contributed by atoms with Crippen molar-refractivity contribution in [3.05, 3.63) is 64.1 Å². The van der Waals surface area contributed by atoms with E-state index >= 15 is 0 Å². The zero-order valence-corrected chi connectivity index (χ0v) is 15.5. The maximum absolute atomic E-state index is 12.9. The van der Waals surface area contributed by atoms with E-state index in [1.54, 1.807) is 34.6 Å². The van der Waals surface area contributed by atoms with E-state index in [2.05, 4.69) is 23.4 Å². The van der Waals surface area contributed by atoms with Gasteiger partial charge in [-0.25, -0.2) is 0 Å². The molecular formula is C19H21N3O3S. The van der Waals surface area contributed by atoms with Crippen LogP contribution in [0.5, 0.6) is 5.75 Å². The number of hydrogen-bond acceptors (Lipinski definition) is 5. The molecule has 0 unspecified atom stereocenters. The van der Waals surface area contributed by atoms with Gasteiger partial charge in [-0.15, -0.1) is 0 Å². The van der Waals surface area contributed by atoms with Gasteiger partial charge in [-0.2, -0.15) is 11.8 Å². The first-order chi connectivity index (χ1) is 12.5. The Hall–Kier alpha value is -2.41. The maximum atomic E-state index is 12.9. The van der Waals surface area contributed by atoms with Crippen LogP contribution in [-0.4, -0.2) is 45.3 Å². The SMILES string of the molecule is CS[C@H]1CC[C@@H](c2ccccc2)N2[C@@H]1N(C)C(=O)c1c(O)c(=O)ccn12. The number of rotatable bonds is 2. The van der Waals surface area contributed by atoms with Crippen LogP contribution in [0.1, 0.15) is 34.9 Å². The van der Waals surface area contributed by atoms with Gasteiger partial charge in [0.2, 0.25) is 5.43 Å². The smallest absolute Gasteiger partial charge is 0.277 e. The number of amides is 1. The van der Waals surface area contributed by atoms with Crippen LogP contribution in [0.2, 0.25) is 0 Å². The van der Waals surface area contributed by atoms with Crippen LogP contribution in [0, 0.1) is 0 Å². The Balaban J connectivity index is 1.93. The minimum absolute atomic E-state index is 0.0407. The first kappa shape index (κ1) is 17.0. The predicted molar refractivity (Wildman–Crippen MR) is 102 cm³/mol. The van der Waals surface area contributed by atoms with E-state index in [1.807, 2.05) is 18.2 Å². The van der Waals surface area contributed by atoms with Gasteiger partial charge in [-0.05, 0) is 24.7 Å². The van der Waals surface area contributed by atoms with Crippen LogP contribution < -0.4 is 10.4 Å². The first-order valence-electron chi connectivity index (χ1n) is 8.62. The summed E-state index contributed by atoms with van der Waals surface area (Å²) < 4.78 is 1.68. The maximum Gasteiger partial charge on any atom is 0.277 e. The molecule has 6 nitrogen and oxygen atoms in total. The third-order valence-electron chi connectivity index (χ3n) is 5.36. The van der Waals surface area contributed by atoms with E-state index < -0.39 is 11.2 Å². The normalized spacial score (nSPS) is 25.0. The van der Waals surface area contributed by atoms with Crippen LogP contribution in [-0.2, 0) is 0 Å². The van der Waals surface area contributed by atoms with Crippen molar-refractivity contribution in [3.8, 4) is 5.75 Å². The van der Waals surface area contributed by atoms with Gasteiger partial charge in [0.1, 0.15) is 6.17 Å². The predicted octanol–water partition coefficient (Wildman–Crippen LogP) is 2.17. The summed E-state index contributed by atoms with van der Waals surface area (Å²) in [5.74, 6) is -0.810. The molecule has 1 aromatic carbocycles. The molecule has 0 spiro atoms. The van der Waals surface area contributed by atoms with Gasteiger partial charge in [0.15, 0.2) is 11.4 Å². The summed E-state index contributed by atoms with van der Waals surface area (Å²) in [6.45, 7) is 0. The summed E-state index contributed by atoms with van der Waals surface area (Å²) in [4.78, 5) is 26.5. The van der Waals surface area contributed by atoms with E-state index in [4.69, 9.17) is 0 Å². The summed E-state index contributed by atoms with van der Waals surface area (Å²) in [6.07, 6.45) is 5.43. The van der Waals surface area contributed by atoms with Crippen molar-refractivity contribution in [2.45, 2.75) is 30.3 Å². The zero-order chi connectivity index (χ0) is 18.4. The molecule has 0 radical (unpaired) electrons. The lowest BCUT2D eigenvalue weighted by Gasteiger charge is -2.54. The lowest BCUT2D eigenvalue weighted by atomic mass is 9.93. The molecule has 7 heteroatoms. The number of nitrogens with zero attached hydrogens (tertiary/aromatic N) is 3. The largest absolute Gasteiger partial charge is 0.502 e. The Kier molecular flexibility index (Phi) is 4.19.